The van der Waals surface area contributed by atoms with Gasteiger partial charge in [-0.15, -0.1) is 0 Å². The second-order valence-corrected chi connectivity index (χ2v) is 7.24. The van der Waals surface area contributed by atoms with E-state index in [1.807, 2.05) is 40.3 Å². The van der Waals surface area contributed by atoms with Crippen molar-refractivity contribution in [3.05, 3.63) is 45.6 Å². The van der Waals surface area contributed by atoms with Crippen molar-refractivity contribution in [2.75, 3.05) is 19.8 Å². The summed E-state index contributed by atoms with van der Waals surface area (Å²) < 4.78 is 13.2. The molecular weight excluding hydrogens is 364 g/mol. The van der Waals surface area contributed by atoms with Gasteiger partial charge in [-0.05, 0) is 25.3 Å². The Balaban J connectivity index is 1.66. The van der Waals surface area contributed by atoms with E-state index in [0.29, 0.717) is 38.7 Å². The molecule has 0 atom stereocenters. The van der Waals surface area contributed by atoms with E-state index in [4.69, 9.17) is 14.3 Å². The van der Waals surface area contributed by atoms with Gasteiger partial charge in [-0.2, -0.15) is 16.4 Å². The Bertz CT molecular complexity index is 929. The molecule has 3 aromatic rings. The number of carbonyl (C=O) groups is 1. The number of aryl methyl sites for hydroxylation is 1. The number of aromatic nitrogens is 3. The lowest BCUT2D eigenvalue weighted by molar-refractivity contribution is 0.0733. The zero-order valence-electron chi connectivity index (χ0n) is 15.5. The number of hydrogen-bond donors (Lipinski definition) is 0. The highest BCUT2D eigenvalue weighted by Gasteiger charge is 2.30. The van der Waals surface area contributed by atoms with Gasteiger partial charge in [-0.1, -0.05) is 0 Å². The van der Waals surface area contributed by atoms with Gasteiger partial charge in [0.1, 0.15) is 5.76 Å². The van der Waals surface area contributed by atoms with Crippen LogP contribution in [0.25, 0.3) is 11.6 Å². The van der Waals surface area contributed by atoms with Crippen LogP contribution in [0.1, 0.15) is 34.3 Å². The summed E-state index contributed by atoms with van der Waals surface area (Å²) in [6.07, 6.45) is 2.45. The van der Waals surface area contributed by atoms with E-state index >= 15 is 0 Å². The number of amides is 1. The average molecular weight is 386 g/mol. The highest BCUT2D eigenvalue weighted by molar-refractivity contribution is 7.08. The topological polar surface area (TPSA) is 73.4 Å². The molecule has 0 fully saturated rings. The monoisotopic (exact) mass is 386 g/mol. The van der Waals surface area contributed by atoms with Crippen molar-refractivity contribution in [2.45, 2.75) is 33.4 Å². The minimum Gasteiger partial charge on any atom is -0.440 e. The highest BCUT2D eigenvalue weighted by Crippen LogP contribution is 2.30. The van der Waals surface area contributed by atoms with Crippen molar-refractivity contribution < 1.29 is 13.9 Å². The van der Waals surface area contributed by atoms with Crippen molar-refractivity contribution in [3.63, 3.8) is 0 Å². The summed E-state index contributed by atoms with van der Waals surface area (Å²) >= 11 is 1.53. The van der Waals surface area contributed by atoms with Crippen LogP contribution in [0.3, 0.4) is 0 Å². The predicted molar refractivity (Wildman–Crippen MR) is 102 cm³/mol. The Morgan fingerprint density at radius 1 is 1.44 bits per heavy atom. The second-order valence-electron chi connectivity index (χ2n) is 6.46. The SMILES string of the molecule is CCOCCn1nc(-c2ncc(C)o2)c2c1CCN(C(=O)c1ccsc1)C2. The number of thiophene rings is 1. The minimum absolute atomic E-state index is 0.0542. The zero-order chi connectivity index (χ0) is 18.8. The molecule has 0 unspecified atom stereocenters. The van der Waals surface area contributed by atoms with Gasteiger partial charge < -0.3 is 14.1 Å². The number of fused-ring (bicyclic) bond motifs is 1. The zero-order valence-corrected chi connectivity index (χ0v) is 16.3. The van der Waals surface area contributed by atoms with E-state index in [-0.39, 0.29) is 5.91 Å². The van der Waals surface area contributed by atoms with Crippen LogP contribution in [-0.2, 0) is 24.2 Å². The van der Waals surface area contributed by atoms with Gasteiger partial charge >= 0.3 is 0 Å². The number of rotatable bonds is 6. The molecule has 8 heteroatoms. The third-order valence-electron chi connectivity index (χ3n) is 4.66. The summed E-state index contributed by atoms with van der Waals surface area (Å²) in [5.41, 5.74) is 3.61. The van der Waals surface area contributed by atoms with Crippen LogP contribution in [-0.4, -0.2) is 45.3 Å². The lowest BCUT2D eigenvalue weighted by Crippen LogP contribution is -2.36. The molecule has 1 aliphatic rings. The molecule has 1 amide bonds. The third kappa shape index (κ3) is 3.54. The molecule has 1 aliphatic heterocycles. The fourth-order valence-corrected chi connectivity index (χ4v) is 3.98. The van der Waals surface area contributed by atoms with Gasteiger partial charge in [0.2, 0.25) is 5.89 Å². The largest absolute Gasteiger partial charge is 0.440 e. The fourth-order valence-electron chi connectivity index (χ4n) is 3.35. The van der Waals surface area contributed by atoms with Crippen molar-refractivity contribution in [3.8, 4) is 11.6 Å². The summed E-state index contributed by atoms with van der Waals surface area (Å²) in [5, 5.41) is 8.56. The van der Waals surface area contributed by atoms with Crippen molar-refractivity contribution in [1.29, 1.82) is 0 Å². The van der Waals surface area contributed by atoms with Gasteiger partial charge in [0.25, 0.3) is 5.91 Å². The normalized spacial score (nSPS) is 13.8. The van der Waals surface area contributed by atoms with Crippen LogP contribution in [0.4, 0.5) is 0 Å². The van der Waals surface area contributed by atoms with Crippen LogP contribution in [0.2, 0.25) is 0 Å². The Kier molecular flexibility index (Phi) is 5.09. The minimum atomic E-state index is 0.0542. The number of ether oxygens (including phenoxy) is 1. The van der Waals surface area contributed by atoms with Gasteiger partial charge in [0, 0.05) is 36.2 Å². The lowest BCUT2D eigenvalue weighted by Gasteiger charge is -2.27. The standard InChI is InChI=1S/C19H22N4O3S/c1-3-25-8-7-23-16-4-6-22(19(24)14-5-9-27-12-14)11-15(16)17(21-23)18-20-10-13(2)26-18/h5,9-10,12H,3-4,6-8,11H2,1-2H3. The third-order valence-corrected chi connectivity index (χ3v) is 5.35. The van der Waals surface area contributed by atoms with Crippen LogP contribution < -0.4 is 0 Å². The van der Waals surface area contributed by atoms with E-state index in [1.165, 1.54) is 11.3 Å². The van der Waals surface area contributed by atoms with E-state index in [9.17, 15) is 4.79 Å². The van der Waals surface area contributed by atoms with Crippen LogP contribution in [0, 0.1) is 6.92 Å². The van der Waals surface area contributed by atoms with Crippen molar-refractivity contribution >= 4 is 17.2 Å². The first-order valence-corrected chi connectivity index (χ1v) is 10.0. The molecule has 0 radical (unpaired) electrons. The van der Waals surface area contributed by atoms with Crippen LogP contribution in [0.5, 0.6) is 0 Å². The molecule has 27 heavy (non-hydrogen) atoms. The summed E-state index contributed by atoms with van der Waals surface area (Å²) in [4.78, 5) is 19.0. The summed E-state index contributed by atoms with van der Waals surface area (Å²) in [7, 11) is 0. The maximum absolute atomic E-state index is 12.8. The maximum atomic E-state index is 12.8. The molecule has 142 valence electrons. The van der Waals surface area contributed by atoms with E-state index < -0.39 is 0 Å². The Labute approximate surface area is 161 Å². The highest BCUT2D eigenvalue weighted by atomic mass is 32.1. The van der Waals surface area contributed by atoms with E-state index in [0.717, 1.165) is 34.7 Å². The molecule has 7 nitrogen and oxygen atoms in total. The number of oxazole rings is 1. The first kappa shape index (κ1) is 17.9. The molecule has 0 bridgehead atoms. The molecule has 0 saturated heterocycles. The lowest BCUT2D eigenvalue weighted by atomic mass is 10.0. The molecule has 0 aliphatic carbocycles. The molecule has 0 saturated carbocycles. The average Bonchev–Trinajstić information content (AvgIpc) is 3.41. The van der Waals surface area contributed by atoms with E-state index in [1.54, 1.807) is 6.20 Å². The Morgan fingerprint density at radius 3 is 3.04 bits per heavy atom. The number of nitrogens with zero attached hydrogens (tertiary/aromatic N) is 4. The smallest absolute Gasteiger partial charge is 0.255 e. The fraction of sp³-hybridized carbons (Fsp3) is 0.421. The first-order chi connectivity index (χ1) is 13.2. The Hall–Kier alpha value is -2.45. The van der Waals surface area contributed by atoms with Gasteiger partial charge in [0.15, 0.2) is 5.69 Å². The van der Waals surface area contributed by atoms with Gasteiger partial charge in [0.05, 0.1) is 31.5 Å². The molecule has 3 aromatic heterocycles. The molecule has 4 rings (SSSR count). The predicted octanol–water partition coefficient (Wildman–Crippen LogP) is 3.14. The number of carbonyl (C=O) groups excluding carboxylic acids is 1. The maximum Gasteiger partial charge on any atom is 0.255 e. The van der Waals surface area contributed by atoms with Gasteiger partial charge in [-0.3, -0.25) is 9.48 Å². The molecule has 0 aromatic carbocycles. The molecule has 0 N–H and O–H groups in total. The number of hydrogen-bond acceptors (Lipinski definition) is 6. The van der Waals surface area contributed by atoms with Crippen LogP contribution in [0.15, 0.2) is 27.4 Å². The Morgan fingerprint density at radius 2 is 2.33 bits per heavy atom. The summed E-state index contributed by atoms with van der Waals surface area (Å²) in [6.45, 7) is 6.98. The summed E-state index contributed by atoms with van der Waals surface area (Å²) in [5.74, 6) is 1.30. The molecular formula is C19H22N4O3S. The van der Waals surface area contributed by atoms with Crippen molar-refractivity contribution in [1.82, 2.24) is 19.7 Å². The van der Waals surface area contributed by atoms with E-state index in [2.05, 4.69) is 4.98 Å². The van der Waals surface area contributed by atoms with Gasteiger partial charge in [-0.25, -0.2) is 4.98 Å². The molecule has 4 heterocycles. The van der Waals surface area contributed by atoms with Crippen LogP contribution >= 0.6 is 11.3 Å². The molecule has 0 spiro atoms. The second kappa shape index (κ2) is 7.66. The summed E-state index contributed by atoms with van der Waals surface area (Å²) in [6, 6.07) is 1.87. The first-order valence-electron chi connectivity index (χ1n) is 9.08. The quantitative estimate of drug-likeness (QED) is 0.609. The van der Waals surface area contributed by atoms with Crippen molar-refractivity contribution in [2.24, 2.45) is 0 Å².